The molecular weight excluding hydrogens is 408 g/mol. The molecule has 0 spiro atoms. The largest absolute Gasteiger partial charge is 0.491 e. The Morgan fingerprint density at radius 3 is 2.47 bits per heavy atom. The smallest absolute Gasteiger partial charge is 0.257 e. The minimum atomic E-state index is -0.309. The molecule has 8 heteroatoms. The first kappa shape index (κ1) is 23.1. The van der Waals surface area contributed by atoms with E-state index in [9.17, 15) is 9.59 Å². The summed E-state index contributed by atoms with van der Waals surface area (Å²) in [5.41, 5.74) is 1.30. The van der Waals surface area contributed by atoms with Crippen molar-refractivity contribution in [3.63, 3.8) is 0 Å². The zero-order chi connectivity index (χ0) is 21.9. The molecule has 2 aromatic rings. The molecule has 2 amide bonds. The van der Waals surface area contributed by atoms with Gasteiger partial charge in [-0.25, -0.2) is 0 Å². The fraction of sp³-hybridized carbons (Fsp3) is 0.273. The summed E-state index contributed by atoms with van der Waals surface area (Å²) in [4.78, 5) is 23.6. The average Bonchev–Trinajstić information content (AvgIpc) is 2.72. The number of rotatable bonds is 10. The zero-order valence-corrected chi connectivity index (χ0v) is 17.9. The van der Waals surface area contributed by atoms with Gasteiger partial charge in [-0.15, -0.1) is 0 Å². The molecule has 2 rings (SSSR count). The van der Waals surface area contributed by atoms with E-state index in [4.69, 9.17) is 25.8 Å². The highest BCUT2D eigenvalue weighted by atomic mass is 35.5. The number of carbonyl (C=O) groups excluding carboxylic acids is 2. The molecule has 160 valence electrons. The summed E-state index contributed by atoms with van der Waals surface area (Å²) in [5.74, 6) is 0.999. The third-order valence-corrected chi connectivity index (χ3v) is 4.11. The molecule has 0 bridgehead atoms. The lowest BCUT2D eigenvalue weighted by atomic mass is 10.2. The van der Waals surface area contributed by atoms with Crippen molar-refractivity contribution in [1.82, 2.24) is 5.32 Å². The molecule has 0 saturated carbocycles. The first-order valence-electron chi connectivity index (χ1n) is 9.45. The summed E-state index contributed by atoms with van der Waals surface area (Å²) < 4.78 is 16.2. The van der Waals surface area contributed by atoms with E-state index in [1.54, 1.807) is 42.5 Å². The second-order valence-corrected chi connectivity index (χ2v) is 6.46. The quantitative estimate of drug-likeness (QED) is 0.556. The van der Waals surface area contributed by atoms with Gasteiger partial charge in [0.05, 0.1) is 18.7 Å². The number of hydrogen-bond donors (Lipinski definition) is 2. The van der Waals surface area contributed by atoms with Crippen molar-refractivity contribution in [3.05, 3.63) is 53.1 Å². The third-order valence-electron chi connectivity index (χ3n) is 3.83. The minimum Gasteiger partial charge on any atom is -0.491 e. The molecule has 2 N–H and O–H groups in total. The number of benzene rings is 2. The van der Waals surface area contributed by atoms with E-state index in [-0.39, 0.29) is 18.4 Å². The molecule has 2 aromatic carbocycles. The topological polar surface area (TPSA) is 85.9 Å². The van der Waals surface area contributed by atoms with E-state index in [2.05, 4.69) is 10.6 Å². The van der Waals surface area contributed by atoms with Gasteiger partial charge in [-0.3, -0.25) is 9.59 Å². The predicted octanol–water partition coefficient (Wildman–Crippen LogP) is 3.91. The van der Waals surface area contributed by atoms with Crippen molar-refractivity contribution in [2.75, 3.05) is 32.2 Å². The van der Waals surface area contributed by atoms with Gasteiger partial charge < -0.3 is 24.8 Å². The monoisotopic (exact) mass is 432 g/mol. The van der Waals surface area contributed by atoms with Crippen LogP contribution in [0.2, 0.25) is 5.02 Å². The van der Waals surface area contributed by atoms with Crippen molar-refractivity contribution in [3.8, 4) is 17.2 Å². The molecular formula is C22H25ClN2O5. The van der Waals surface area contributed by atoms with Gasteiger partial charge in [0.25, 0.3) is 5.91 Å². The summed E-state index contributed by atoms with van der Waals surface area (Å²) in [7, 11) is 1.52. The molecule has 0 aliphatic heterocycles. The minimum absolute atomic E-state index is 0.0591. The van der Waals surface area contributed by atoms with Gasteiger partial charge in [-0.05, 0) is 61.9 Å². The Morgan fingerprint density at radius 1 is 1.10 bits per heavy atom. The highest BCUT2D eigenvalue weighted by Crippen LogP contribution is 2.36. The Labute approximate surface area is 181 Å². The maximum atomic E-state index is 12.2. The Morgan fingerprint density at radius 2 is 1.83 bits per heavy atom. The summed E-state index contributed by atoms with van der Waals surface area (Å²) in [6, 6.07) is 10.2. The number of nitrogens with one attached hydrogen (secondary N) is 2. The maximum Gasteiger partial charge on any atom is 0.257 e. The highest BCUT2D eigenvalue weighted by molar-refractivity contribution is 6.32. The van der Waals surface area contributed by atoms with Crippen LogP contribution in [0.1, 0.15) is 19.4 Å². The number of ether oxygens (including phenoxy) is 3. The number of hydrogen-bond acceptors (Lipinski definition) is 5. The van der Waals surface area contributed by atoms with Crippen LogP contribution in [0.25, 0.3) is 6.08 Å². The Balaban J connectivity index is 1.97. The summed E-state index contributed by atoms with van der Waals surface area (Å²) in [6.45, 7) is 4.65. The first-order chi connectivity index (χ1) is 14.5. The van der Waals surface area contributed by atoms with Gasteiger partial charge >= 0.3 is 0 Å². The van der Waals surface area contributed by atoms with Crippen LogP contribution in [0.5, 0.6) is 17.2 Å². The second-order valence-electron chi connectivity index (χ2n) is 6.06. The maximum absolute atomic E-state index is 12.2. The van der Waals surface area contributed by atoms with Gasteiger partial charge in [0.15, 0.2) is 18.1 Å². The summed E-state index contributed by atoms with van der Waals surface area (Å²) >= 11 is 6.22. The molecule has 0 unspecified atom stereocenters. The summed E-state index contributed by atoms with van der Waals surface area (Å²) in [5, 5.41) is 5.80. The van der Waals surface area contributed by atoms with Crippen LogP contribution in [-0.4, -0.2) is 38.7 Å². The van der Waals surface area contributed by atoms with Gasteiger partial charge in [0.1, 0.15) is 5.75 Å². The SMILES string of the molecule is CCNC(=O)COc1ccc(NC(=O)/C=C/c2cc(Cl)c(OC)c(OCC)c2)cc1. The van der Waals surface area contributed by atoms with E-state index in [0.717, 1.165) is 0 Å². The van der Waals surface area contributed by atoms with Crippen molar-refractivity contribution in [2.24, 2.45) is 0 Å². The fourth-order valence-electron chi connectivity index (χ4n) is 2.53. The van der Waals surface area contributed by atoms with Gasteiger partial charge in [-0.1, -0.05) is 11.6 Å². The molecule has 30 heavy (non-hydrogen) atoms. The van der Waals surface area contributed by atoms with Crippen molar-refractivity contribution in [1.29, 1.82) is 0 Å². The Hall–Kier alpha value is -3.19. The molecule has 0 aliphatic rings. The Bertz CT molecular complexity index is 897. The van der Waals surface area contributed by atoms with Crippen LogP contribution >= 0.6 is 11.6 Å². The van der Waals surface area contributed by atoms with Crippen LogP contribution in [-0.2, 0) is 9.59 Å². The standard InChI is InChI=1S/C22H25ClN2O5/c1-4-24-21(27)14-30-17-9-7-16(8-10-17)25-20(26)11-6-15-12-18(23)22(28-3)19(13-15)29-5-2/h6-13H,4-5,14H2,1-3H3,(H,24,27)(H,25,26)/b11-6+. The number of likely N-dealkylation sites (N-methyl/N-ethyl adjacent to an activating group) is 1. The van der Waals surface area contributed by atoms with Gasteiger partial charge in [0.2, 0.25) is 5.91 Å². The molecule has 7 nitrogen and oxygen atoms in total. The first-order valence-corrected chi connectivity index (χ1v) is 9.83. The van der Waals surface area contributed by atoms with E-state index in [1.165, 1.54) is 13.2 Å². The van der Waals surface area contributed by atoms with Crippen LogP contribution in [0.4, 0.5) is 5.69 Å². The molecule has 0 aliphatic carbocycles. The van der Waals surface area contributed by atoms with E-state index in [0.29, 0.717) is 46.7 Å². The molecule has 0 atom stereocenters. The molecule has 0 heterocycles. The highest BCUT2D eigenvalue weighted by Gasteiger charge is 2.10. The number of methoxy groups -OCH3 is 1. The van der Waals surface area contributed by atoms with Crippen molar-refractivity contribution in [2.45, 2.75) is 13.8 Å². The molecule has 0 radical (unpaired) electrons. The van der Waals surface area contributed by atoms with Crippen LogP contribution in [0, 0.1) is 0 Å². The third kappa shape index (κ3) is 7.00. The van der Waals surface area contributed by atoms with Gasteiger partial charge in [-0.2, -0.15) is 0 Å². The van der Waals surface area contributed by atoms with E-state index in [1.807, 2.05) is 13.8 Å². The lowest BCUT2D eigenvalue weighted by Crippen LogP contribution is -2.28. The average molecular weight is 433 g/mol. The van der Waals surface area contributed by atoms with Crippen LogP contribution < -0.4 is 24.8 Å². The number of carbonyl (C=O) groups is 2. The van der Waals surface area contributed by atoms with E-state index < -0.39 is 0 Å². The van der Waals surface area contributed by atoms with Crippen molar-refractivity contribution < 1.29 is 23.8 Å². The summed E-state index contributed by atoms with van der Waals surface area (Å²) in [6.07, 6.45) is 3.03. The predicted molar refractivity (Wildman–Crippen MR) is 117 cm³/mol. The van der Waals surface area contributed by atoms with Crippen LogP contribution in [0.3, 0.4) is 0 Å². The van der Waals surface area contributed by atoms with Gasteiger partial charge in [0, 0.05) is 18.3 Å². The second kappa shape index (κ2) is 11.7. The molecule has 0 fully saturated rings. The van der Waals surface area contributed by atoms with E-state index >= 15 is 0 Å². The lowest BCUT2D eigenvalue weighted by Gasteiger charge is -2.11. The normalized spacial score (nSPS) is 10.5. The zero-order valence-electron chi connectivity index (χ0n) is 17.2. The van der Waals surface area contributed by atoms with Crippen molar-refractivity contribution >= 4 is 35.2 Å². The Kier molecular flexibility index (Phi) is 9.03. The van der Waals surface area contributed by atoms with Crippen LogP contribution in [0.15, 0.2) is 42.5 Å². The fourth-order valence-corrected chi connectivity index (χ4v) is 2.83. The number of anilines is 1. The number of amides is 2. The molecule has 0 aromatic heterocycles. The lowest BCUT2D eigenvalue weighted by molar-refractivity contribution is -0.123. The number of halogens is 1. The molecule has 0 saturated heterocycles.